The van der Waals surface area contributed by atoms with Crippen LogP contribution in [0.5, 0.6) is 0 Å². The number of hydrogen-bond donors (Lipinski definition) is 1. The van der Waals surface area contributed by atoms with Crippen molar-refractivity contribution in [2.75, 3.05) is 5.73 Å². The van der Waals surface area contributed by atoms with Crippen molar-refractivity contribution < 1.29 is 0 Å². The van der Waals surface area contributed by atoms with Gasteiger partial charge >= 0.3 is 0 Å². The lowest BCUT2D eigenvalue weighted by Gasteiger charge is -2.07. The first-order valence-corrected chi connectivity index (χ1v) is 5.97. The molecule has 0 radical (unpaired) electrons. The van der Waals surface area contributed by atoms with E-state index in [4.69, 9.17) is 5.73 Å². The summed E-state index contributed by atoms with van der Waals surface area (Å²) < 4.78 is 1.89. The molecule has 0 bridgehead atoms. The fourth-order valence-corrected chi connectivity index (χ4v) is 2.35. The topological polar surface area (TPSA) is 69.6 Å². The highest BCUT2D eigenvalue weighted by Gasteiger charge is 2.19. The van der Waals surface area contributed by atoms with Gasteiger partial charge < -0.3 is 5.73 Å². The van der Waals surface area contributed by atoms with Crippen LogP contribution < -0.4 is 5.73 Å². The molecule has 1 aliphatic carbocycles. The highest BCUT2D eigenvalue weighted by Crippen LogP contribution is 2.27. The van der Waals surface area contributed by atoms with E-state index in [1.165, 1.54) is 0 Å². The zero-order valence-corrected chi connectivity index (χ0v) is 9.85. The van der Waals surface area contributed by atoms with Crippen LogP contribution in [-0.2, 0) is 19.4 Å². The molecule has 0 amide bonds. The summed E-state index contributed by atoms with van der Waals surface area (Å²) in [5, 5.41) is 4.23. The van der Waals surface area contributed by atoms with E-state index in [-0.39, 0.29) is 0 Å². The summed E-state index contributed by atoms with van der Waals surface area (Å²) in [4.78, 5) is 9.01. The lowest BCUT2D eigenvalue weighted by molar-refractivity contribution is 0.663. The van der Waals surface area contributed by atoms with Gasteiger partial charge in [-0.05, 0) is 32.3 Å². The standard InChI is InChI=1S/C12H15N5/c1-2-17-10(6-7-14-17)12-15-9-5-3-4-8(9)11(13)16-12/h6-7H,2-5H2,1H3,(H2,13,15,16). The molecular weight excluding hydrogens is 214 g/mol. The van der Waals surface area contributed by atoms with Crippen LogP contribution in [0.25, 0.3) is 11.5 Å². The van der Waals surface area contributed by atoms with Crippen molar-refractivity contribution in [2.24, 2.45) is 0 Å². The molecule has 1 aliphatic rings. The Morgan fingerprint density at radius 2 is 2.24 bits per heavy atom. The van der Waals surface area contributed by atoms with Gasteiger partial charge in [-0.3, -0.25) is 4.68 Å². The van der Waals surface area contributed by atoms with Gasteiger partial charge in [0.1, 0.15) is 11.5 Å². The zero-order valence-electron chi connectivity index (χ0n) is 9.85. The summed E-state index contributed by atoms with van der Waals surface area (Å²) in [5.74, 6) is 1.33. The Labute approximate surface area is 99.7 Å². The number of rotatable bonds is 2. The molecule has 88 valence electrons. The van der Waals surface area contributed by atoms with Gasteiger partial charge in [-0.2, -0.15) is 5.10 Å². The largest absolute Gasteiger partial charge is 0.383 e. The van der Waals surface area contributed by atoms with Crippen LogP contribution in [0.2, 0.25) is 0 Å². The van der Waals surface area contributed by atoms with Crippen molar-refractivity contribution in [1.29, 1.82) is 0 Å². The van der Waals surface area contributed by atoms with Crippen molar-refractivity contribution in [3.63, 3.8) is 0 Å². The molecule has 0 aliphatic heterocycles. The maximum atomic E-state index is 5.99. The number of fused-ring (bicyclic) bond motifs is 1. The predicted molar refractivity (Wildman–Crippen MR) is 65.4 cm³/mol. The van der Waals surface area contributed by atoms with E-state index >= 15 is 0 Å². The minimum Gasteiger partial charge on any atom is -0.383 e. The Hall–Kier alpha value is -1.91. The maximum Gasteiger partial charge on any atom is 0.180 e. The first-order valence-electron chi connectivity index (χ1n) is 5.97. The molecule has 0 atom stereocenters. The Morgan fingerprint density at radius 3 is 3.06 bits per heavy atom. The Kier molecular flexibility index (Phi) is 2.31. The highest BCUT2D eigenvalue weighted by atomic mass is 15.3. The normalized spacial score (nSPS) is 13.9. The van der Waals surface area contributed by atoms with Gasteiger partial charge in [0.2, 0.25) is 0 Å². The second-order valence-electron chi connectivity index (χ2n) is 4.24. The molecule has 2 N–H and O–H groups in total. The fraction of sp³-hybridized carbons (Fsp3) is 0.417. The molecule has 0 saturated heterocycles. The highest BCUT2D eigenvalue weighted by molar-refractivity contribution is 5.56. The first kappa shape index (κ1) is 10.3. The van der Waals surface area contributed by atoms with Crippen LogP contribution in [0.1, 0.15) is 24.6 Å². The quantitative estimate of drug-likeness (QED) is 0.845. The van der Waals surface area contributed by atoms with Crippen LogP contribution in [-0.4, -0.2) is 19.7 Å². The van der Waals surface area contributed by atoms with Crippen molar-refractivity contribution >= 4 is 5.82 Å². The molecule has 0 unspecified atom stereocenters. The maximum absolute atomic E-state index is 5.99. The van der Waals surface area contributed by atoms with Crippen LogP contribution >= 0.6 is 0 Å². The number of nitrogens with two attached hydrogens (primary N) is 1. The minimum atomic E-state index is 0.631. The smallest absolute Gasteiger partial charge is 0.180 e. The van der Waals surface area contributed by atoms with Crippen molar-refractivity contribution in [1.82, 2.24) is 19.7 Å². The number of aromatic nitrogens is 4. The molecule has 2 aromatic rings. The molecule has 2 aromatic heterocycles. The van der Waals surface area contributed by atoms with Gasteiger partial charge in [-0.1, -0.05) is 0 Å². The van der Waals surface area contributed by atoms with Gasteiger partial charge in [0.25, 0.3) is 0 Å². The number of nitrogen functional groups attached to an aromatic ring is 1. The van der Waals surface area contributed by atoms with E-state index in [1.54, 1.807) is 6.20 Å². The lowest BCUT2D eigenvalue weighted by Crippen LogP contribution is -2.06. The third kappa shape index (κ3) is 1.58. The molecule has 0 fully saturated rings. The van der Waals surface area contributed by atoms with Crippen LogP contribution in [0.3, 0.4) is 0 Å². The molecule has 17 heavy (non-hydrogen) atoms. The van der Waals surface area contributed by atoms with Gasteiger partial charge in [0, 0.05) is 24.0 Å². The second-order valence-corrected chi connectivity index (χ2v) is 4.24. The summed E-state index contributed by atoms with van der Waals surface area (Å²) in [6, 6.07) is 1.93. The SMILES string of the molecule is CCn1nccc1-c1nc(N)c2c(n1)CCC2. The molecule has 0 saturated carbocycles. The van der Waals surface area contributed by atoms with Gasteiger partial charge in [0.15, 0.2) is 5.82 Å². The number of hydrogen-bond acceptors (Lipinski definition) is 4. The molecule has 3 rings (SSSR count). The van der Waals surface area contributed by atoms with Crippen LogP contribution in [0.4, 0.5) is 5.82 Å². The monoisotopic (exact) mass is 229 g/mol. The van der Waals surface area contributed by atoms with E-state index in [2.05, 4.69) is 15.1 Å². The summed E-state index contributed by atoms with van der Waals surface area (Å²) in [6.45, 7) is 2.86. The Morgan fingerprint density at radius 1 is 1.35 bits per heavy atom. The fourth-order valence-electron chi connectivity index (χ4n) is 2.35. The molecular formula is C12H15N5. The van der Waals surface area contributed by atoms with E-state index in [0.717, 1.165) is 42.8 Å². The van der Waals surface area contributed by atoms with Gasteiger partial charge in [-0.25, -0.2) is 9.97 Å². The van der Waals surface area contributed by atoms with Crippen molar-refractivity contribution in [2.45, 2.75) is 32.7 Å². The average Bonchev–Trinajstić information content (AvgIpc) is 2.96. The molecule has 5 heteroatoms. The molecule has 0 spiro atoms. The molecule has 5 nitrogen and oxygen atoms in total. The van der Waals surface area contributed by atoms with Gasteiger partial charge in [-0.15, -0.1) is 0 Å². The van der Waals surface area contributed by atoms with Crippen molar-refractivity contribution in [3.8, 4) is 11.5 Å². The van der Waals surface area contributed by atoms with E-state index in [1.807, 2.05) is 17.7 Å². The number of anilines is 1. The van der Waals surface area contributed by atoms with Crippen LogP contribution in [0.15, 0.2) is 12.3 Å². The summed E-state index contributed by atoms with van der Waals surface area (Å²) in [5.41, 5.74) is 9.17. The molecule has 0 aromatic carbocycles. The average molecular weight is 229 g/mol. The third-order valence-electron chi connectivity index (χ3n) is 3.21. The van der Waals surface area contributed by atoms with Crippen molar-refractivity contribution in [3.05, 3.63) is 23.5 Å². The van der Waals surface area contributed by atoms with E-state index in [9.17, 15) is 0 Å². The minimum absolute atomic E-state index is 0.631. The third-order valence-corrected chi connectivity index (χ3v) is 3.21. The molecule has 2 heterocycles. The second kappa shape index (κ2) is 3.84. The predicted octanol–water partition coefficient (Wildman–Crippen LogP) is 1.43. The zero-order chi connectivity index (χ0) is 11.8. The summed E-state index contributed by atoms with van der Waals surface area (Å²) in [6.07, 6.45) is 4.92. The van der Waals surface area contributed by atoms with Gasteiger partial charge in [0.05, 0.1) is 0 Å². The first-order chi connectivity index (χ1) is 8.29. The Bertz CT molecular complexity index is 558. The Balaban J connectivity index is 2.13. The van der Waals surface area contributed by atoms with E-state index in [0.29, 0.717) is 11.6 Å². The number of nitrogens with zero attached hydrogens (tertiary/aromatic N) is 4. The summed E-state index contributed by atoms with van der Waals surface area (Å²) in [7, 11) is 0. The van der Waals surface area contributed by atoms with Crippen LogP contribution in [0, 0.1) is 0 Å². The lowest BCUT2D eigenvalue weighted by atomic mass is 10.2. The summed E-state index contributed by atoms with van der Waals surface area (Å²) >= 11 is 0. The number of aryl methyl sites for hydroxylation is 2. The van der Waals surface area contributed by atoms with E-state index < -0.39 is 0 Å².